The van der Waals surface area contributed by atoms with E-state index < -0.39 is 0 Å². The Hall–Kier alpha value is -2.13. The number of nitrogens with one attached hydrogen (secondary N) is 1. The van der Waals surface area contributed by atoms with E-state index in [2.05, 4.69) is 17.4 Å². The van der Waals surface area contributed by atoms with E-state index in [1.807, 2.05) is 47.4 Å². The Morgan fingerprint density at radius 2 is 1.45 bits per heavy atom. The quantitative estimate of drug-likeness (QED) is 0.905. The summed E-state index contributed by atoms with van der Waals surface area (Å²) < 4.78 is 0. The van der Waals surface area contributed by atoms with Crippen molar-refractivity contribution in [3.05, 3.63) is 60.2 Å². The van der Waals surface area contributed by atoms with Crippen LogP contribution in [-0.2, 0) is 0 Å². The summed E-state index contributed by atoms with van der Waals surface area (Å²) in [5.41, 5.74) is 3.09. The van der Waals surface area contributed by atoms with Gasteiger partial charge in [0, 0.05) is 31.7 Å². The molecule has 3 rings (SSSR count). The summed E-state index contributed by atoms with van der Waals surface area (Å²) in [4.78, 5) is 14.3. The van der Waals surface area contributed by atoms with Crippen LogP contribution in [-0.4, -0.2) is 37.0 Å². The molecule has 1 N–H and O–H groups in total. The minimum Gasteiger partial charge on any atom is -0.336 e. The molecule has 0 aliphatic carbocycles. The molecule has 1 aliphatic rings. The van der Waals surface area contributed by atoms with Gasteiger partial charge in [0.2, 0.25) is 0 Å². The fourth-order valence-electron chi connectivity index (χ4n) is 2.49. The highest BCUT2D eigenvalue weighted by molar-refractivity contribution is 5.94. The number of hydrogen-bond donors (Lipinski definition) is 1. The van der Waals surface area contributed by atoms with Gasteiger partial charge in [-0.2, -0.15) is 0 Å². The Morgan fingerprint density at radius 1 is 0.850 bits per heavy atom. The third-order valence-electron chi connectivity index (χ3n) is 3.64. The zero-order chi connectivity index (χ0) is 13.8. The molecule has 1 fully saturated rings. The number of nitrogens with zero attached hydrogens (tertiary/aromatic N) is 1. The highest BCUT2D eigenvalue weighted by atomic mass is 16.2. The topological polar surface area (TPSA) is 32.3 Å². The van der Waals surface area contributed by atoms with Crippen LogP contribution in [0.25, 0.3) is 11.1 Å². The number of carbonyl (C=O) groups is 1. The van der Waals surface area contributed by atoms with Gasteiger partial charge in [0.1, 0.15) is 0 Å². The maximum Gasteiger partial charge on any atom is 0.253 e. The Kier molecular flexibility index (Phi) is 3.79. The van der Waals surface area contributed by atoms with Gasteiger partial charge in [-0.3, -0.25) is 4.79 Å². The molecule has 1 amide bonds. The molecule has 3 nitrogen and oxygen atoms in total. The second kappa shape index (κ2) is 5.88. The number of benzene rings is 2. The van der Waals surface area contributed by atoms with Crippen molar-refractivity contribution in [1.82, 2.24) is 10.2 Å². The van der Waals surface area contributed by atoms with E-state index >= 15 is 0 Å². The lowest BCUT2D eigenvalue weighted by Gasteiger charge is -2.27. The maximum absolute atomic E-state index is 12.3. The Morgan fingerprint density at radius 3 is 2.10 bits per heavy atom. The van der Waals surface area contributed by atoms with Gasteiger partial charge in [0.25, 0.3) is 5.91 Å². The van der Waals surface area contributed by atoms with Crippen LogP contribution < -0.4 is 5.32 Å². The van der Waals surface area contributed by atoms with E-state index in [4.69, 9.17) is 0 Å². The van der Waals surface area contributed by atoms with E-state index in [1.165, 1.54) is 5.56 Å². The normalized spacial score (nSPS) is 15.1. The maximum atomic E-state index is 12.3. The molecule has 1 saturated heterocycles. The summed E-state index contributed by atoms with van der Waals surface area (Å²) in [6.45, 7) is 3.35. The van der Waals surface area contributed by atoms with E-state index in [0.717, 1.165) is 37.3 Å². The first kappa shape index (κ1) is 12.9. The first-order valence-electron chi connectivity index (χ1n) is 7.00. The van der Waals surface area contributed by atoms with Crippen LogP contribution in [0.15, 0.2) is 54.6 Å². The number of hydrogen-bond acceptors (Lipinski definition) is 2. The van der Waals surface area contributed by atoms with Crippen molar-refractivity contribution in [2.45, 2.75) is 0 Å². The van der Waals surface area contributed by atoms with Gasteiger partial charge in [-0.05, 0) is 23.3 Å². The molecule has 3 heteroatoms. The SMILES string of the molecule is O=C(c1ccc(-c2ccccc2)cc1)N1CCNCC1. The first-order chi connectivity index (χ1) is 9.84. The molecule has 0 aromatic heterocycles. The van der Waals surface area contributed by atoms with Crippen molar-refractivity contribution in [1.29, 1.82) is 0 Å². The minimum absolute atomic E-state index is 0.131. The van der Waals surface area contributed by atoms with Crippen molar-refractivity contribution in [3.63, 3.8) is 0 Å². The first-order valence-corrected chi connectivity index (χ1v) is 7.00. The molecule has 2 aromatic rings. The number of rotatable bonds is 2. The van der Waals surface area contributed by atoms with Gasteiger partial charge in [-0.25, -0.2) is 0 Å². The van der Waals surface area contributed by atoms with Gasteiger partial charge < -0.3 is 10.2 Å². The monoisotopic (exact) mass is 266 g/mol. The number of amides is 1. The summed E-state index contributed by atoms with van der Waals surface area (Å²) in [5.74, 6) is 0.131. The summed E-state index contributed by atoms with van der Waals surface area (Å²) in [6, 6.07) is 18.1. The molecule has 0 spiro atoms. The molecule has 1 heterocycles. The van der Waals surface area contributed by atoms with E-state index in [-0.39, 0.29) is 5.91 Å². The van der Waals surface area contributed by atoms with E-state index in [0.29, 0.717) is 0 Å². The van der Waals surface area contributed by atoms with Gasteiger partial charge in [0.05, 0.1) is 0 Å². The third kappa shape index (κ3) is 2.73. The van der Waals surface area contributed by atoms with Gasteiger partial charge in [0.15, 0.2) is 0 Å². The van der Waals surface area contributed by atoms with Crippen molar-refractivity contribution in [2.75, 3.05) is 26.2 Å². The van der Waals surface area contributed by atoms with Gasteiger partial charge >= 0.3 is 0 Å². The zero-order valence-electron chi connectivity index (χ0n) is 11.4. The number of piperazine rings is 1. The molecule has 0 bridgehead atoms. The zero-order valence-corrected chi connectivity index (χ0v) is 11.4. The van der Waals surface area contributed by atoms with Gasteiger partial charge in [-0.15, -0.1) is 0 Å². The molecule has 20 heavy (non-hydrogen) atoms. The van der Waals surface area contributed by atoms with Crippen LogP contribution >= 0.6 is 0 Å². The lowest BCUT2D eigenvalue weighted by molar-refractivity contribution is 0.0736. The summed E-state index contributed by atoms with van der Waals surface area (Å²) >= 11 is 0. The molecule has 0 atom stereocenters. The van der Waals surface area contributed by atoms with Crippen molar-refractivity contribution < 1.29 is 4.79 Å². The standard InChI is InChI=1S/C17H18N2O/c20-17(19-12-10-18-11-13-19)16-8-6-15(7-9-16)14-4-2-1-3-5-14/h1-9,18H,10-13H2. The molecular formula is C17H18N2O. The van der Waals surface area contributed by atoms with Gasteiger partial charge in [-0.1, -0.05) is 42.5 Å². The number of carbonyl (C=O) groups excluding carboxylic acids is 1. The van der Waals surface area contributed by atoms with Crippen LogP contribution in [0.3, 0.4) is 0 Å². The third-order valence-corrected chi connectivity index (χ3v) is 3.64. The average Bonchev–Trinajstić information content (AvgIpc) is 2.56. The van der Waals surface area contributed by atoms with E-state index in [1.54, 1.807) is 0 Å². The summed E-state index contributed by atoms with van der Waals surface area (Å²) in [7, 11) is 0. The highest BCUT2D eigenvalue weighted by Crippen LogP contribution is 2.19. The van der Waals surface area contributed by atoms with Crippen LogP contribution in [0.1, 0.15) is 10.4 Å². The van der Waals surface area contributed by atoms with Crippen LogP contribution in [0.5, 0.6) is 0 Å². The fraction of sp³-hybridized carbons (Fsp3) is 0.235. The second-order valence-corrected chi connectivity index (χ2v) is 4.99. The molecular weight excluding hydrogens is 248 g/mol. The molecule has 1 aliphatic heterocycles. The predicted molar refractivity (Wildman–Crippen MR) is 80.7 cm³/mol. The van der Waals surface area contributed by atoms with Crippen molar-refractivity contribution in [2.24, 2.45) is 0 Å². The highest BCUT2D eigenvalue weighted by Gasteiger charge is 2.17. The summed E-state index contributed by atoms with van der Waals surface area (Å²) in [6.07, 6.45) is 0. The predicted octanol–water partition coefficient (Wildman–Crippen LogP) is 2.40. The largest absolute Gasteiger partial charge is 0.336 e. The van der Waals surface area contributed by atoms with E-state index in [9.17, 15) is 4.79 Å². The molecule has 0 unspecified atom stereocenters. The molecule has 102 valence electrons. The minimum atomic E-state index is 0.131. The fourth-order valence-corrected chi connectivity index (χ4v) is 2.49. The van der Waals surface area contributed by atoms with Crippen LogP contribution in [0, 0.1) is 0 Å². The Balaban J connectivity index is 1.77. The van der Waals surface area contributed by atoms with Crippen molar-refractivity contribution >= 4 is 5.91 Å². The van der Waals surface area contributed by atoms with Crippen LogP contribution in [0.2, 0.25) is 0 Å². The average molecular weight is 266 g/mol. The smallest absolute Gasteiger partial charge is 0.253 e. The lowest BCUT2D eigenvalue weighted by Crippen LogP contribution is -2.46. The molecule has 0 saturated carbocycles. The second-order valence-electron chi connectivity index (χ2n) is 4.99. The molecule has 0 radical (unpaired) electrons. The summed E-state index contributed by atoms with van der Waals surface area (Å²) in [5, 5.41) is 3.26. The van der Waals surface area contributed by atoms with Crippen molar-refractivity contribution in [3.8, 4) is 11.1 Å². The molecule has 2 aromatic carbocycles. The Bertz CT molecular complexity index is 572. The van der Waals surface area contributed by atoms with Crippen LogP contribution in [0.4, 0.5) is 0 Å². The Labute approximate surface area is 119 Å². The lowest BCUT2D eigenvalue weighted by atomic mass is 10.0.